The molecule has 1 aromatic carbocycles. The zero-order valence-corrected chi connectivity index (χ0v) is 10.5. The summed E-state index contributed by atoms with van der Waals surface area (Å²) >= 11 is 0. The molecule has 1 unspecified atom stereocenters. The Morgan fingerprint density at radius 3 is 2.95 bits per heavy atom. The number of nitrogens with one attached hydrogen (secondary N) is 1. The highest BCUT2D eigenvalue weighted by molar-refractivity contribution is 6.61. The Bertz CT molecular complexity index is 493. The first-order valence-electron chi connectivity index (χ1n) is 5.90. The summed E-state index contributed by atoms with van der Waals surface area (Å²) in [4.78, 5) is 21.9. The van der Waals surface area contributed by atoms with Gasteiger partial charge in [0, 0.05) is 13.5 Å². The van der Waals surface area contributed by atoms with E-state index in [1.165, 1.54) is 6.92 Å². The van der Waals surface area contributed by atoms with Gasteiger partial charge in [-0.3, -0.25) is 9.59 Å². The third-order valence-electron chi connectivity index (χ3n) is 2.79. The van der Waals surface area contributed by atoms with Crippen LogP contribution >= 0.6 is 0 Å². The van der Waals surface area contributed by atoms with Gasteiger partial charge in [0.05, 0.1) is 6.10 Å². The van der Waals surface area contributed by atoms with Crippen LogP contribution in [0.15, 0.2) is 24.3 Å². The molecule has 0 saturated carbocycles. The number of amides is 1. The lowest BCUT2D eigenvalue weighted by Crippen LogP contribution is -2.32. The standard InChI is InChI=1S/C12H14BNO5/c1-8(15)18-7-12(16)14-6-11-9-4-2-3-5-10(9)13(17)19-11/h2-5,11,17H,6-7H2,1H3,(H,14,16). The molecule has 0 fully saturated rings. The maximum Gasteiger partial charge on any atom is 0.492 e. The van der Waals surface area contributed by atoms with E-state index in [2.05, 4.69) is 10.1 Å². The van der Waals surface area contributed by atoms with E-state index in [9.17, 15) is 14.6 Å². The minimum Gasteiger partial charge on any atom is -0.456 e. The Labute approximate surface area is 110 Å². The van der Waals surface area contributed by atoms with Crippen LogP contribution < -0.4 is 10.8 Å². The fraction of sp³-hybridized carbons (Fsp3) is 0.333. The largest absolute Gasteiger partial charge is 0.492 e. The molecule has 0 spiro atoms. The number of carbonyl (C=O) groups excluding carboxylic acids is 2. The summed E-state index contributed by atoms with van der Waals surface area (Å²) in [6, 6.07) is 7.27. The third-order valence-corrected chi connectivity index (χ3v) is 2.79. The first-order valence-corrected chi connectivity index (χ1v) is 5.90. The number of fused-ring (bicyclic) bond motifs is 1. The van der Waals surface area contributed by atoms with E-state index in [4.69, 9.17) is 4.65 Å². The Hall–Kier alpha value is -1.86. The first kappa shape index (κ1) is 13.6. The second kappa shape index (κ2) is 5.86. The summed E-state index contributed by atoms with van der Waals surface area (Å²) in [5, 5.41) is 12.3. The average Bonchev–Trinajstić information content (AvgIpc) is 2.71. The molecule has 0 aromatic heterocycles. The molecule has 19 heavy (non-hydrogen) atoms. The van der Waals surface area contributed by atoms with Gasteiger partial charge in [-0.05, 0) is 11.0 Å². The maximum absolute atomic E-state index is 11.4. The molecular weight excluding hydrogens is 249 g/mol. The predicted molar refractivity (Wildman–Crippen MR) is 67.5 cm³/mol. The van der Waals surface area contributed by atoms with Gasteiger partial charge in [0.15, 0.2) is 6.61 Å². The average molecular weight is 263 g/mol. The Balaban J connectivity index is 1.88. The number of benzene rings is 1. The van der Waals surface area contributed by atoms with Crippen molar-refractivity contribution in [3.8, 4) is 0 Å². The fourth-order valence-corrected chi connectivity index (χ4v) is 1.91. The molecule has 0 bridgehead atoms. The molecule has 0 saturated heterocycles. The highest BCUT2D eigenvalue weighted by atomic mass is 16.5. The van der Waals surface area contributed by atoms with E-state index in [0.29, 0.717) is 5.46 Å². The summed E-state index contributed by atoms with van der Waals surface area (Å²) in [6.45, 7) is 1.14. The molecule has 1 aliphatic heterocycles. The fourth-order valence-electron chi connectivity index (χ4n) is 1.91. The summed E-state index contributed by atoms with van der Waals surface area (Å²) < 4.78 is 9.91. The first-order chi connectivity index (χ1) is 9.08. The van der Waals surface area contributed by atoms with E-state index in [0.717, 1.165) is 5.56 Å². The zero-order chi connectivity index (χ0) is 13.8. The molecule has 0 radical (unpaired) electrons. The van der Waals surface area contributed by atoms with Gasteiger partial charge in [0.1, 0.15) is 0 Å². The Morgan fingerprint density at radius 2 is 2.21 bits per heavy atom. The zero-order valence-electron chi connectivity index (χ0n) is 10.5. The third kappa shape index (κ3) is 3.33. The highest BCUT2D eigenvalue weighted by Crippen LogP contribution is 2.22. The highest BCUT2D eigenvalue weighted by Gasteiger charge is 2.34. The van der Waals surface area contributed by atoms with Gasteiger partial charge in [0.2, 0.25) is 0 Å². The second-order valence-electron chi connectivity index (χ2n) is 4.19. The SMILES string of the molecule is CC(=O)OCC(=O)NCC1OB(O)c2ccccc21. The molecule has 0 aliphatic carbocycles. The molecular formula is C12H14BNO5. The quantitative estimate of drug-likeness (QED) is 0.544. The van der Waals surface area contributed by atoms with Gasteiger partial charge >= 0.3 is 13.1 Å². The van der Waals surface area contributed by atoms with Crippen LogP contribution in [-0.4, -0.2) is 37.2 Å². The van der Waals surface area contributed by atoms with E-state index in [1.807, 2.05) is 18.2 Å². The molecule has 2 N–H and O–H groups in total. The predicted octanol–water partition coefficient (Wildman–Crippen LogP) is -0.875. The van der Waals surface area contributed by atoms with Crippen LogP contribution in [0.3, 0.4) is 0 Å². The van der Waals surface area contributed by atoms with Crippen LogP contribution in [0.5, 0.6) is 0 Å². The summed E-state index contributed by atoms with van der Waals surface area (Å²) in [5.74, 6) is -0.911. The smallest absolute Gasteiger partial charge is 0.456 e. The maximum atomic E-state index is 11.4. The summed E-state index contributed by atoms with van der Waals surface area (Å²) in [6.07, 6.45) is -0.396. The molecule has 2 rings (SSSR count). The van der Waals surface area contributed by atoms with Crippen molar-refractivity contribution < 1.29 is 24.0 Å². The van der Waals surface area contributed by atoms with Gasteiger partial charge in [-0.1, -0.05) is 24.3 Å². The number of hydrogen-bond donors (Lipinski definition) is 2. The Morgan fingerprint density at radius 1 is 1.47 bits per heavy atom. The number of esters is 1. The lowest BCUT2D eigenvalue weighted by atomic mass is 9.79. The van der Waals surface area contributed by atoms with Crippen LogP contribution in [0, 0.1) is 0 Å². The molecule has 100 valence electrons. The molecule has 1 heterocycles. The van der Waals surface area contributed by atoms with E-state index < -0.39 is 25.1 Å². The monoisotopic (exact) mass is 263 g/mol. The van der Waals surface area contributed by atoms with Gasteiger partial charge in [-0.2, -0.15) is 0 Å². The van der Waals surface area contributed by atoms with Crippen molar-refractivity contribution in [1.82, 2.24) is 5.32 Å². The van der Waals surface area contributed by atoms with Crippen molar-refractivity contribution in [2.24, 2.45) is 0 Å². The topological polar surface area (TPSA) is 84.9 Å². The van der Waals surface area contributed by atoms with Crippen LogP contribution in [0.25, 0.3) is 0 Å². The number of ether oxygens (including phenoxy) is 1. The van der Waals surface area contributed by atoms with Gasteiger partial charge in [-0.25, -0.2) is 0 Å². The number of hydrogen-bond acceptors (Lipinski definition) is 5. The lowest BCUT2D eigenvalue weighted by Gasteiger charge is -2.13. The van der Waals surface area contributed by atoms with Crippen LogP contribution in [-0.2, 0) is 19.0 Å². The molecule has 7 heteroatoms. The second-order valence-corrected chi connectivity index (χ2v) is 4.19. The van der Waals surface area contributed by atoms with Crippen LogP contribution in [0.2, 0.25) is 0 Å². The van der Waals surface area contributed by atoms with Crippen LogP contribution in [0.4, 0.5) is 0 Å². The summed E-state index contributed by atoms with van der Waals surface area (Å²) in [5.41, 5.74) is 1.56. The number of carbonyl (C=O) groups is 2. The van der Waals surface area contributed by atoms with Gasteiger partial charge in [-0.15, -0.1) is 0 Å². The molecule has 1 atom stereocenters. The Kier molecular flexibility index (Phi) is 4.18. The molecule has 6 nitrogen and oxygen atoms in total. The molecule has 1 aliphatic rings. The normalized spacial score (nSPS) is 16.9. The van der Waals surface area contributed by atoms with Crippen molar-refractivity contribution in [3.05, 3.63) is 29.8 Å². The molecule has 1 amide bonds. The van der Waals surface area contributed by atoms with Gasteiger partial charge in [0.25, 0.3) is 5.91 Å². The lowest BCUT2D eigenvalue weighted by molar-refractivity contribution is -0.146. The van der Waals surface area contributed by atoms with Crippen molar-refractivity contribution in [1.29, 1.82) is 0 Å². The minimum atomic E-state index is -0.966. The van der Waals surface area contributed by atoms with Crippen molar-refractivity contribution >= 4 is 24.5 Å². The van der Waals surface area contributed by atoms with E-state index in [-0.39, 0.29) is 13.2 Å². The molecule has 1 aromatic rings. The van der Waals surface area contributed by atoms with Crippen LogP contribution in [0.1, 0.15) is 18.6 Å². The van der Waals surface area contributed by atoms with E-state index >= 15 is 0 Å². The number of rotatable bonds is 4. The van der Waals surface area contributed by atoms with Crippen molar-refractivity contribution in [3.63, 3.8) is 0 Å². The van der Waals surface area contributed by atoms with Gasteiger partial charge < -0.3 is 19.7 Å². The minimum absolute atomic E-state index is 0.216. The van der Waals surface area contributed by atoms with Crippen molar-refractivity contribution in [2.75, 3.05) is 13.2 Å². The van der Waals surface area contributed by atoms with Crippen molar-refractivity contribution in [2.45, 2.75) is 13.0 Å². The van der Waals surface area contributed by atoms with E-state index in [1.54, 1.807) is 6.07 Å². The summed E-state index contributed by atoms with van der Waals surface area (Å²) in [7, 11) is -0.966.